The van der Waals surface area contributed by atoms with Crippen molar-refractivity contribution in [1.29, 1.82) is 0 Å². The zero-order valence-corrected chi connectivity index (χ0v) is 22.1. The Hall–Kier alpha value is -3.98. The third kappa shape index (κ3) is 5.62. The molecule has 2 unspecified atom stereocenters. The average molecular weight is 531 g/mol. The summed E-state index contributed by atoms with van der Waals surface area (Å²) in [4.78, 5) is 29.9. The van der Waals surface area contributed by atoms with E-state index in [0.717, 1.165) is 33.7 Å². The van der Waals surface area contributed by atoms with Gasteiger partial charge in [-0.25, -0.2) is 9.40 Å². The molecule has 1 N–H and O–H groups in total. The van der Waals surface area contributed by atoms with Crippen LogP contribution < -0.4 is 10.1 Å². The van der Waals surface area contributed by atoms with E-state index >= 15 is 0 Å². The molecular formula is C29H27FN4O3S. The molecule has 2 aliphatic heterocycles. The lowest BCUT2D eigenvalue weighted by Crippen LogP contribution is -2.25. The van der Waals surface area contributed by atoms with E-state index in [1.807, 2.05) is 56.3 Å². The van der Waals surface area contributed by atoms with Crippen molar-refractivity contribution >= 4 is 40.1 Å². The van der Waals surface area contributed by atoms with Crippen LogP contribution in [-0.4, -0.2) is 40.1 Å². The van der Waals surface area contributed by atoms with Gasteiger partial charge in [0.15, 0.2) is 5.17 Å². The number of nitrogens with zero attached hydrogens (tertiary/aromatic N) is 3. The van der Waals surface area contributed by atoms with Gasteiger partial charge in [0.1, 0.15) is 16.8 Å². The second kappa shape index (κ2) is 10.8. The van der Waals surface area contributed by atoms with Crippen LogP contribution in [0.25, 0.3) is 0 Å². The van der Waals surface area contributed by atoms with Crippen LogP contribution in [0.5, 0.6) is 5.75 Å². The highest BCUT2D eigenvalue weighted by Crippen LogP contribution is 2.39. The molecule has 3 aromatic carbocycles. The minimum atomic E-state index is -0.641. The van der Waals surface area contributed by atoms with Crippen LogP contribution in [-0.2, 0) is 9.59 Å². The summed E-state index contributed by atoms with van der Waals surface area (Å²) in [7, 11) is 1.61. The lowest BCUT2D eigenvalue weighted by Gasteiger charge is -2.23. The molecule has 0 aromatic heterocycles. The van der Waals surface area contributed by atoms with Gasteiger partial charge in [-0.05, 0) is 72.5 Å². The predicted octanol–water partition coefficient (Wildman–Crippen LogP) is 5.63. The summed E-state index contributed by atoms with van der Waals surface area (Å²) in [5.74, 6) is -0.199. The zero-order valence-electron chi connectivity index (χ0n) is 21.3. The molecule has 2 amide bonds. The van der Waals surface area contributed by atoms with Crippen LogP contribution in [0.15, 0.2) is 76.8 Å². The number of carbonyl (C=O) groups excluding carboxylic acids is 2. The van der Waals surface area contributed by atoms with Crippen molar-refractivity contribution in [2.45, 2.75) is 38.0 Å². The molecule has 0 aliphatic carbocycles. The molecule has 9 heteroatoms. The lowest BCUT2D eigenvalue weighted by atomic mass is 9.98. The monoisotopic (exact) mass is 530 g/mol. The van der Waals surface area contributed by atoms with Crippen molar-refractivity contribution in [3.05, 3.63) is 94.8 Å². The number of amidine groups is 1. The fourth-order valence-corrected chi connectivity index (χ4v) is 5.68. The van der Waals surface area contributed by atoms with Crippen LogP contribution in [0.3, 0.4) is 0 Å². The second-order valence-corrected chi connectivity index (χ2v) is 10.5. The first-order valence-corrected chi connectivity index (χ1v) is 13.1. The van der Waals surface area contributed by atoms with Crippen molar-refractivity contribution in [3.63, 3.8) is 0 Å². The number of hydrazone groups is 1. The second-order valence-electron chi connectivity index (χ2n) is 9.36. The molecule has 2 atom stereocenters. The summed E-state index contributed by atoms with van der Waals surface area (Å²) in [6.07, 6.45) is 0.544. The molecule has 5 rings (SSSR count). The molecule has 0 fully saturated rings. The molecule has 2 heterocycles. The van der Waals surface area contributed by atoms with E-state index in [-0.39, 0.29) is 30.1 Å². The first-order chi connectivity index (χ1) is 18.3. The van der Waals surface area contributed by atoms with Crippen LogP contribution in [0.4, 0.5) is 10.1 Å². The number of methoxy groups -OCH3 is 1. The lowest BCUT2D eigenvalue weighted by molar-refractivity contribution is -0.121. The highest BCUT2D eigenvalue weighted by molar-refractivity contribution is 8.15. The SMILES string of the molecule is COc1ccc(C2CC(c3ccc(F)cc3)=NN2C2=NC(=O)C(CC(=O)Nc3cc(C)cc(C)c3)S2)cc1. The predicted molar refractivity (Wildman–Crippen MR) is 148 cm³/mol. The van der Waals surface area contributed by atoms with Crippen molar-refractivity contribution in [2.24, 2.45) is 10.1 Å². The summed E-state index contributed by atoms with van der Waals surface area (Å²) >= 11 is 1.24. The number of halogens is 1. The van der Waals surface area contributed by atoms with Gasteiger partial charge in [0, 0.05) is 18.5 Å². The van der Waals surface area contributed by atoms with Crippen molar-refractivity contribution < 1.29 is 18.7 Å². The summed E-state index contributed by atoms with van der Waals surface area (Å²) < 4.78 is 18.8. The normalized spacial score (nSPS) is 18.8. The Bertz CT molecular complexity index is 1420. The number of nitrogens with one attached hydrogen (secondary N) is 1. The number of benzene rings is 3. The maximum absolute atomic E-state index is 13.5. The third-order valence-corrected chi connectivity index (χ3v) is 7.53. The maximum atomic E-state index is 13.5. The Kier molecular flexibility index (Phi) is 7.28. The van der Waals surface area contributed by atoms with Gasteiger partial charge in [-0.2, -0.15) is 10.1 Å². The standard InChI is InChI=1S/C29H27FN4O3S/c1-17-12-18(2)14-22(13-17)31-27(35)16-26-28(36)32-29(38-26)34-25(20-6-10-23(37-3)11-7-20)15-24(33-34)19-4-8-21(30)9-5-19/h4-14,25-26H,15-16H2,1-3H3,(H,31,35). The Labute approximate surface area is 224 Å². The minimum Gasteiger partial charge on any atom is -0.497 e. The number of aryl methyl sites for hydroxylation is 2. The van der Waals surface area contributed by atoms with E-state index in [0.29, 0.717) is 17.3 Å². The van der Waals surface area contributed by atoms with E-state index in [9.17, 15) is 14.0 Å². The molecule has 38 heavy (non-hydrogen) atoms. The van der Waals surface area contributed by atoms with Gasteiger partial charge in [0.05, 0.1) is 18.9 Å². The summed E-state index contributed by atoms with van der Waals surface area (Å²) in [5.41, 5.74) is 5.33. The van der Waals surface area contributed by atoms with Gasteiger partial charge < -0.3 is 10.1 Å². The van der Waals surface area contributed by atoms with Gasteiger partial charge in [-0.15, -0.1) is 0 Å². The number of anilines is 1. The van der Waals surface area contributed by atoms with Gasteiger partial charge in [0.2, 0.25) is 5.91 Å². The van der Waals surface area contributed by atoms with Gasteiger partial charge >= 0.3 is 0 Å². The summed E-state index contributed by atoms with van der Waals surface area (Å²) in [5, 5.41) is 9.23. The maximum Gasteiger partial charge on any atom is 0.262 e. The van der Waals surface area contributed by atoms with Crippen molar-refractivity contribution in [1.82, 2.24) is 5.01 Å². The van der Waals surface area contributed by atoms with Crippen LogP contribution in [0.1, 0.15) is 41.1 Å². The number of rotatable bonds is 6. The first-order valence-electron chi connectivity index (χ1n) is 12.2. The van der Waals surface area contributed by atoms with Gasteiger partial charge in [-0.1, -0.05) is 42.1 Å². The highest BCUT2D eigenvalue weighted by Gasteiger charge is 2.39. The topological polar surface area (TPSA) is 83.4 Å². The van der Waals surface area contributed by atoms with Crippen molar-refractivity contribution in [2.75, 3.05) is 12.4 Å². The Balaban J connectivity index is 1.35. The van der Waals surface area contributed by atoms with Gasteiger partial charge in [0.25, 0.3) is 5.91 Å². The Morgan fingerprint density at radius 2 is 1.76 bits per heavy atom. The van der Waals surface area contributed by atoms with Crippen LogP contribution >= 0.6 is 11.8 Å². The quantitative estimate of drug-likeness (QED) is 0.447. The van der Waals surface area contributed by atoms with E-state index in [2.05, 4.69) is 10.3 Å². The minimum absolute atomic E-state index is 0.000927. The average Bonchev–Trinajstić information content (AvgIpc) is 3.48. The fraction of sp³-hybridized carbons (Fsp3) is 0.241. The number of hydrogen-bond acceptors (Lipinski definition) is 6. The number of amides is 2. The number of thioether (sulfide) groups is 1. The molecule has 2 aliphatic rings. The number of ether oxygens (including phenoxy) is 1. The zero-order chi connectivity index (χ0) is 26.8. The molecule has 0 radical (unpaired) electrons. The molecule has 0 spiro atoms. The first kappa shape index (κ1) is 25.7. The molecule has 0 saturated carbocycles. The number of hydrogen-bond donors (Lipinski definition) is 1. The fourth-order valence-electron chi connectivity index (χ4n) is 4.62. The number of aliphatic imine (C=N–C) groups is 1. The Morgan fingerprint density at radius 3 is 2.42 bits per heavy atom. The third-order valence-electron chi connectivity index (χ3n) is 6.39. The van der Waals surface area contributed by atoms with E-state index in [1.54, 1.807) is 24.3 Å². The summed E-state index contributed by atoms with van der Waals surface area (Å²) in [6, 6.07) is 19.4. The molecule has 3 aromatic rings. The van der Waals surface area contributed by atoms with Crippen LogP contribution in [0.2, 0.25) is 0 Å². The smallest absolute Gasteiger partial charge is 0.262 e. The molecular weight excluding hydrogens is 503 g/mol. The van der Waals surface area contributed by atoms with E-state index in [4.69, 9.17) is 9.84 Å². The van der Waals surface area contributed by atoms with Crippen LogP contribution in [0, 0.1) is 19.7 Å². The molecule has 0 saturated heterocycles. The molecule has 7 nitrogen and oxygen atoms in total. The van der Waals surface area contributed by atoms with E-state index in [1.165, 1.54) is 23.9 Å². The van der Waals surface area contributed by atoms with Gasteiger partial charge in [-0.3, -0.25) is 9.59 Å². The molecule has 194 valence electrons. The van der Waals surface area contributed by atoms with Crippen molar-refractivity contribution in [3.8, 4) is 5.75 Å². The highest BCUT2D eigenvalue weighted by atomic mass is 32.2. The number of carbonyl (C=O) groups is 2. The van der Waals surface area contributed by atoms with E-state index < -0.39 is 5.25 Å². The largest absolute Gasteiger partial charge is 0.497 e. The summed E-state index contributed by atoms with van der Waals surface area (Å²) in [6.45, 7) is 3.93. The Morgan fingerprint density at radius 1 is 1.08 bits per heavy atom. The molecule has 0 bridgehead atoms.